The third kappa shape index (κ3) is 5.05. The quantitative estimate of drug-likeness (QED) is 0.492. The summed E-state index contributed by atoms with van der Waals surface area (Å²) in [5, 5.41) is 9.70. The van der Waals surface area contributed by atoms with E-state index in [0.717, 1.165) is 46.4 Å². The van der Waals surface area contributed by atoms with Crippen LogP contribution in [0.25, 0.3) is 6.08 Å². The SMILES string of the molecule is Cc1c(C)c2c(c(C)c1O)CCC(C)(COc1ccc(/C=C(/C=O)SC(N)=O)cc1)O2. The van der Waals surface area contributed by atoms with Gasteiger partial charge in [0.25, 0.3) is 5.24 Å². The van der Waals surface area contributed by atoms with E-state index in [4.69, 9.17) is 15.2 Å². The molecule has 0 fully saturated rings. The summed E-state index contributed by atoms with van der Waals surface area (Å²) in [7, 11) is 0. The van der Waals surface area contributed by atoms with Crippen molar-refractivity contribution in [2.45, 2.75) is 46.1 Å². The van der Waals surface area contributed by atoms with Crippen molar-refractivity contribution in [3.8, 4) is 17.2 Å². The topological polar surface area (TPSA) is 98.9 Å². The second-order valence-electron chi connectivity index (χ2n) is 8.03. The van der Waals surface area contributed by atoms with Gasteiger partial charge in [-0.3, -0.25) is 9.59 Å². The highest BCUT2D eigenvalue weighted by atomic mass is 32.2. The zero-order valence-corrected chi connectivity index (χ0v) is 19.0. The Morgan fingerprint density at radius 2 is 1.90 bits per heavy atom. The summed E-state index contributed by atoms with van der Waals surface area (Å²) in [5.74, 6) is 1.87. The summed E-state index contributed by atoms with van der Waals surface area (Å²) >= 11 is 0.694. The molecule has 164 valence electrons. The van der Waals surface area contributed by atoms with Gasteiger partial charge in [0.15, 0.2) is 6.29 Å². The van der Waals surface area contributed by atoms with E-state index in [1.807, 2.05) is 27.7 Å². The second-order valence-corrected chi connectivity index (χ2v) is 9.10. The largest absolute Gasteiger partial charge is 0.507 e. The Balaban J connectivity index is 1.70. The number of hydrogen-bond acceptors (Lipinski definition) is 6. The summed E-state index contributed by atoms with van der Waals surface area (Å²) in [6.45, 7) is 8.20. The van der Waals surface area contributed by atoms with Crippen LogP contribution in [0.3, 0.4) is 0 Å². The monoisotopic (exact) mass is 441 g/mol. The van der Waals surface area contributed by atoms with Crippen LogP contribution in [0, 0.1) is 20.8 Å². The Labute approximate surface area is 186 Å². The predicted octanol–water partition coefficient (Wildman–Crippen LogP) is 4.83. The number of amides is 1. The van der Waals surface area contributed by atoms with Crippen LogP contribution in [-0.4, -0.2) is 28.8 Å². The molecule has 1 aliphatic rings. The molecule has 1 aliphatic heterocycles. The van der Waals surface area contributed by atoms with Gasteiger partial charge in [-0.15, -0.1) is 0 Å². The zero-order chi connectivity index (χ0) is 22.8. The van der Waals surface area contributed by atoms with E-state index in [0.29, 0.717) is 36.2 Å². The minimum Gasteiger partial charge on any atom is -0.507 e. The van der Waals surface area contributed by atoms with E-state index in [1.54, 1.807) is 30.3 Å². The van der Waals surface area contributed by atoms with Gasteiger partial charge >= 0.3 is 0 Å². The molecule has 1 atom stereocenters. The van der Waals surface area contributed by atoms with Crippen LogP contribution < -0.4 is 15.2 Å². The minimum atomic E-state index is -0.628. The average molecular weight is 442 g/mol. The fourth-order valence-electron chi connectivity index (χ4n) is 3.66. The molecule has 0 radical (unpaired) electrons. The van der Waals surface area contributed by atoms with E-state index >= 15 is 0 Å². The van der Waals surface area contributed by atoms with E-state index in [1.165, 1.54) is 0 Å². The van der Waals surface area contributed by atoms with Crippen molar-refractivity contribution in [2.75, 3.05) is 6.61 Å². The van der Waals surface area contributed by atoms with Crippen LogP contribution in [0.15, 0.2) is 29.2 Å². The fourth-order valence-corrected chi connectivity index (χ4v) is 4.14. The maximum absolute atomic E-state index is 11.0. The number of aldehydes is 1. The number of phenolic OH excluding ortho intramolecular Hbond substituents is 1. The molecule has 0 saturated heterocycles. The highest BCUT2D eigenvalue weighted by Gasteiger charge is 2.35. The van der Waals surface area contributed by atoms with E-state index in [2.05, 4.69) is 0 Å². The van der Waals surface area contributed by atoms with Gasteiger partial charge < -0.3 is 20.3 Å². The number of carbonyl (C=O) groups excluding carboxylic acids is 2. The molecular weight excluding hydrogens is 414 g/mol. The number of hydrogen-bond donors (Lipinski definition) is 2. The summed E-state index contributed by atoms with van der Waals surface area (Å²) in [5.41, 5.74) is 9.13. The van der Waals surface area contributed by atoms with Crippen LogP contribution in [0.1, 0.15) is 41.2 Å². The third-order valence-electron chi connectivity index (χ3n) is 5.66. The Bertz CT molecular complexity index is 1050. The Hall–Kier alpha value is -2.93. The van der Waals surface area contributed by atoms with Crippen LogP contribution in [0.5, 0.6) is 17.2 Å². The van der Waals surface area contributed by atoms with Gasteiger partial charge in [-0.1, -0.05) is 12.1 Å². The first-order valence-electron chi connectivity index (χ1n) is 10.0. The number of benzene rings is 2. The summed E-state index contributed by atoms with van der Waals surface area (Å²) < 4.78 is 12.4. The molecule has 7 heteroatoms. The number of rotatable bonds is 6. The van der Waals surface area contributed by atoms with Gasteiger partial charge in [-0.2, -0.15) is 0 Å². The molecule has 31 heavy (non-hydrogen) atoms. The molecule has 3 N–H and O–H groups in total. The standard InChI is InChI=1S/C24H27NO5S/c1-14-15(2)22-20(16(3)21(14)27)9-10-24(4,30-22)13-29-18-7-5-17(6-8-18)11-19(12-26)31-23(25)28/h5-8,11-12,27H,9-10,13H2,1-4H3,(H2,25,28)/b19-11-. The fraction of sp³-hybridized carbons (Fsp3) is 0.333. The first-order valence-corrected chi connectivity index (χ1v) is 10.8. The van der Waals surface area contributed by atoms with Crippen LogP contribution in [0.4, 0.5) is 4.79 Å². The summed E-state index contributed by atoms with van der Waals surface area (Å²) in [6.07, 6.45) is 3.78. The number of fused-ring (bicyclic) bond motifs is 1. The maximum Gasteiger partial charge on any atom is 0.281 e. The number of primary amides is 1. The Kier molecular flexibility index (Phi) is 6.65. The van der Waals surface area contributed by atoms with Crippen molar-refractivity contribution in [1.82, 2.24) is 0 Å². The van der Waals surface area contributed by atoms with Crippen molar-refractivity contribution in [1.29, 1.82) is 0 Å². The highest BCUT2D eigenvalue weighted by Crippen LogP contribution is 2.43. The number of nitrogens with two attached hydrogens (primary N) is 1. The molecule has 2 aromatic carbocycles. The lowest BCUT2D eigenvalue weighted by Gasteiger charge is -2.37. The van der Waals surface area contributed by atoms with Gasteiger partial charge in [0, 0.05) is 5.56 Å². The van der Waals surface area contributed by atoms with Crippen molar-refractivity contribution in [3.05, 3.63) is 57.0 Å². The molecular formula is C24H27NO5S. The molecule has 0 aliphatic carbocycles. The van der Waals surface area contributed by atoms with E-state index in [9.17, 15) is 14.7 Å². The Morgan fingerprint density at radius 1 is 1.23 bits per heavy atom. The highest BCUT2D eigenvalue weighted by molar-refractivity contribution is 8.17. The number of allylic oxidation sites excluding steroid dienone is 1. The molecule has 2 aromatic rings. The molecule has 1 amide bonds. The maximum atomic E-state index is 11.0. The van der Waals surface area contributed by atoms with Crippen molar-refractivity contribution in [2.24, 2.45) is 5.73 Å². The lowest BCUT2D eigenvalue weighted by atomic mass is 9.87. The van der Waals surface area contributed by atoms with Crippen molar-refractivity contribution >= 4 is 29.4 Å². The van der Waals surface area contributed by atoms with E-state index < -0.39 is 10.8 Å². The smallest absolute Gasteiger partial charge is 0.281 e. The minimum absolute atomic E-state index is 0.245. The van der Waals surface area contributed by atoms with Gasteiger partial charge in [0.2, 0.25) is 0 Å². The van der Waals surface area contributed by atoms with Gasteiger partial charge in [-0.05, 0) is 92.8 Å². The third-order valence-corrected chi connectivity index (χ3v) is 6.31. The van der Waals surface area contributed by atoms with Crippen LogP contribution >= 0.6 is 11.8 Å². The summed E-state index contributed by atoms with van der Waals surface area (Å²) in [6, 6.07) is 7.22. The van der Waals surface area contributed by atoms with Crippen LogP contribution in [-0.2, 0) is 11.2 Å². The number of phenols is 1. The molecule has 0 bridgehead atoms. The van der Waals surface area contributed by atoms with E-state index in [-0.39, 0.29) is 4.91 Å². The Morgan fingerprint density at radius 3 is 2.52 bits per heavy atom. The average Bonchev–Trinajstić information content (AvgIpc) is 2.75. The van der Waals surface area contributed by atoms with Gasteiger partial charge in [0.1, 0.15) is 29.5 Å². The number of thioether (sulfide) groups is 1. The van der Waals surface area contributed by atoms with Gasteiger partial charge in [0.05, 0.1) is 4.91 Å². The number of aromatic hydroxyl groups is 1. The zero-order valence-electron chi connectivity index (χ0n) is 18.2. The molecule has 0 spiro atoms. The molecule has 0 aromatic heterocycles. The molecule has 1 unspecified atom stereocenters. The van der Waals surface area contributed by atoms with Crippen LogP contribution in [0.2, 0.25) is 0 Å². The lowest BCUT2D eigenvalue weighted by Crippen LogP contribution is -2.42. The van der Waals surface area contributed by atoms with Gasteiger partial charge in [-0.25, -0.2) is 0 Å². The second kappa shape index (κ2) is 9.06. The normalized spacial score (nSPS) is 18.1. The predicted molar refractivity (Wildman–Crippen MR) is 123 cm³/mol. The molecule has 3 rings (SSSR count). The first kappa shape index (κ1) is 22.7. The first-order chi connectivity index (χ1) is 14.6. The summed E-state index contributed by atoms with van der Waals surface area (Å²) in [4.78, 5) is 22.3. The van der Waals surface area contributed by atoms with Crippen molar-refractivity contribution < 1.29 is 24.2 Å². The molecule has 0 saturated carbocycles. The lowest BCUT2D eigenvalue weighted by molar-refractivity contribution is -0.104. The number of carbonyl (C=O) groups is 2. The number of ether oxygens (including phenoxy) is 2. The molecule has 6 nitrogen and oxygen atoms in total. The molecule has 1 heterocycles. The van der Waals surface area contributed by atoms with Crippen molar-refractivity contribution in [3.63, 3.8) is 0 Å².